The van der Waals surface area contributed by atoms with Crippen LogP contribution in [0.5, 0.6) is 0 Å². The Morgan fingerprint density at radius 1 is 1.08 bits per heavy atom. The highest BCUT2D eigenvalue weighted by Gasteiger charge is 2.13. The van der Waals surface area contributed by atoms with Gasteiger partial charge in [-0.1, -0.05) is 24.3 Å². The normalized spacial score (nSPS) is 11.2. The zero-order valence-corrected chi connectivity index (χ0v) is 15.7. The molecule has 0 aliphatic heterocycles. The molecule has 0 atom stereocenters. The molecule has 5 nitrogen and oxygen atoms in total. The maximum atomic E-state index is 4.71. The lowest BCUT2D eigenvalue weighted by Gasteiger charge is -2.07. The number of nitrogens with one attached hydrogen (secondary N) is 2. The number of hydrogen-bond donors (Lipinski definition) is 2. The van der Waals surface area contributed by atoms with Crippen molar-refractivity contribution < 1.29 is 0 Å². The zero-order chi connectivity index (χ0) is 17.9. The molecule has 0 radical (unpaired) electrons. The predicted molar refractivity (Wildman–Crippen MR) is 105 cm³/mol. The molecule has 3 heterocycles. The summed E-state index contributed by atoms with van der Waals surface area (Å²) in [7, 11) is 0. The van der Waals surface area contributed by atoms with Crippen molar-refractivity contribution >= 4 is 11.3 Å². The molecular weight excluding hydrogens is 342 g/mol. The third kappa shape index (κ3) is 3.21. The van der Waals surface area contributed by atoms with E-state index < -0.39 is 0 Å². The Morgan fingerprint density at radius 3 is 2.69 bits per heavy atom. The molecule has 0 amide bonds. The average molecular weight is 363 g/mol. The van der Waals surface area contributed by atoms with E-state index in [9.17, 15) is 0 Å². The van der Waals surface area contributed by atoms with Crippen LogP contribution >= 0.6 is 11.3 Å². The summed E-state index contributed by atoms with van der Waals surface area (Å²) >= 11 is 1.72. The smallest absolute Gasteiger partial charge is 0.0794 e. The number of nitrogens with zero attached hydrogens (tertiary/aromatic N) is 3. The van der Waals surface area contributed by atoms with E-state index in [0.29, 0.717) is 0 Å². The minimum atomic E-state index is 0.763. The van der Waals surface area contributed by atoms with Crippen molar-refractivity contribution in [3.8, 4) is 16.3 Å². The highest BCUT2D eigenvalue weighted by atomic mass is 32.1. The molecular formula is C20H21N5S. The fraction of sp³-hybridized carbons (Fsp3) is 0.200. The first-order valence-corrected chi connectivity index (χ1v) is 9.49. The number of aryl methyl sites for hydroxylation is 1. The van der Waals surface area contributed by atoms with E-state index in [1.54, 1.807) is 11.3 Å². The van der Waals surface area contributed by atoms with Crippen LogP contribution in [0.15, 0.2) is 54.0 Å². The van der Waals surface area contributed by atoms with Gasteiger partial charge in [-0.05, 0) is 37.4 Å². The lowest BCUT2D eigenvalue weighted by Crippen LogP contribution is -2.14. The molecule has 0 bridgehead atoms. The summed E-state index contributed by atoms with van der Waals surface area (Å²) in [6.07, 6.45) is 1.90. The first-order chi connectivity index (χ1) is 12.7. The summed E-state index contributed by atoms with van der Waals surface area (Å²) in [6.45, 7) is 5.73. The molecule has 132 valence electrons. The monoisotopic (exact) mass is 363 g/mol. The quantitative estimate of drug-likeness (QED) is 0.539. The Balaban J connectivity index is 1.48. The van der Waals surface area contributed by atoms with Crippen molar-refractivity contribution in [2.75, 3.05) is 0 Å². The number of rotatable bonds is 6. The van der Waals surface area contributed by atoms with Crippen LogP contribution in [0.4, 0.5) is 0 Å². The summed E-state index contributed by atoms with van der Waals surface area (Å²) in [6, 6.07) is 14.4. The number of benzene rings is 1. The minimum absolute atomic E-state index is 0.763. The molecule has 6 heteroatoms. The van der Waals surface area contributed by atoms with Crippen LogP contribution in [0.25, 0.3) is 16.3 Å². The molecule has 0 saturated heterocycles. The Hall–Kier alpha value is -2.70. The van der Waals surface area contributed by atoms with Gasteiger partial charge in [-0.25, -0.2) is 4.68 Å². The second kappa shape index (κ2) is 7.27. The lowest BCUT2D eigenvalue weighted by atomic mass is 10.1. The molecule has 26 heavy (non-hydrogen) atoms. The molecule has 0 unspecified atom stereocenters. The van der Waals surface area contributed by atoms with Crippen LogP contribution in [0.1, 0.15) is 22.5 Å². The van der Waals surface area contributed by atoms with E-state index in [1.807, 2.05) is 29.1 Å². The summed E-state index contributed by atoms with van der Waals surface area (Å²) in [4.78, 5) is 1.21. The number of aromatic nitrogens is 4. The first kappa shape index (κ1) is 16.8. The number of para-hydroxylation sites is 1. The van der Waals surface area contributed by atoms with Crippen LogP contribution < -0.4 is 5.32 Å². The third-order valence-corrected chi connectivity index (χ3v) is 5.43. The Kier molecular flexibility index (Phi) is 4.69. The highest BCUT2D eigenvalue weighted by Crippen LogP contribution is 2.26. The Morgan fingerprint density at radius 2 is 1.92 bits per heavy atom. The molecule has 0 aliphatic rings. The van der Waals surface area contributed by atoms with Crippen LogP contribution in [0, 0.1) is 13.8 Å². The predicted octanol–water partition coefficient (Wildman–Crippen LogP) is 4.23. The minimum Gasteiger partial charge on any atom is -0.308 e. The van der Waals surface area contributed by atoms with Gasteiger partial charge >= 0.3 is 0 Å². The van der Waals surface area contributed by atoms with Crippen LogP contribution in [-0.2, 0) is 13.1 Å². The lowest BCUT2D eigenvalue weighted by molar-refractivity contribution is 0.688. The van der Waals surface area contributed by atoms with Gasteiger partial charge in [0.15, 0.2) is 0 Å². The highest BCUT2D eigenvalue weighted by molar-refractivity contribution is 7.13. The van der Waals surface area contributed by atoms with Crippen LogP contribution in [0.2, 0.25) is 0 Å². The van der Waals surface area contributed by atoms with Crippen LogP contribution in [-0.4, -0.2) is 20.0 Å². The Labute approximate surface area is 156 Å². The molecule has 4 rings (SSSR count). The van der Waals surface area contributed by atoms with Crippen molar-refractivity contribution in [3.63, 3.8) is 0 Å². The third-order valence-electron chi connectivity index (χ3n) is 4.54. The van der Waals surface area contributed by atoms with Crippen molar-refractivity contribution in [1.29, 1.82) is 0 Å². The van der Waals surface area contributed by atoms with Gasteiger partial charge in [-0.15, -0.1) is 11.3 Å². The largest absolute Gasteiger partial charge is 0.308 e. The van der Waals surface area contributed by atoms with Gasteiger partial charge in [0.05, 0.1) is 28.1 Å². The zero-order valence-electron chi connectivity index (χ0n) is 14.9. The number of H-pyrrole nitrogens is 1. The standard InChI is InChI=1S/C20H21N5S/c1-14-18(15(2)25(24-14)17-7-4-3-5-8-17)13-21-11-16-12-22-23-20(16)19-9-6-10-26-19/h3-10,12,21H,11,13H2,1-2H3,(H,22,23). The van der Waals surface area contributed by atoms with Gasteiger partial charge in [-0.2, -0.15) is 10.2 Å². The second-order valence-electron chi connectivity index (χ2n) is 6.25. The van der Waals surface area contributed by atoms with Crippen LogP contribution in [0.3, 0.4) is 0 Å². The topological polar surface area (TPSA) is 58.5 Å². The van der Waals surface area contributed by atoms with Gasteiger partial charge in [0.2, 0.25) is 0 Å². The maximum absolute atomic E-state index is 4.71. The van der Waals surface area contributed by atoms with E-state index in [0.717, 1.165) is 30.2 Å². The van der Waals surface area contributed by atoms with Crippen molar-refractivity contribution in [3.05, 3.63) is 76.6 Å². The number of aromatic amines is 1. The van der Waals surface area contributed by atoms with Crippen molar-refractivity contribution in [1.82, 2.24) is 25.3 Å². The van der Waals surface area contributed by atoms with Crippen molar-refractivity contribution in [2.24, 2.45) is 0 Å². The van der Waals surface area contributed by atoms with Gasteiger partial charge < -0.3 is 5.32 Å². The van der Waals surface area contributed by atoms with Gasteiger partial charge in [-0.3, -0.25) is 5.10 Å². The molecule has 3 aromatic heterocycles. The average Bonchev–Trinajstić information content (AvgIpc) is 3.38. The summed E-state index contributed by atoms with van der Waals surface area (Å²) in [5.74, 6) is 0. The summed E-state index contributed by atoms with van der Waals surface area (Å²) in [5, 5.41) is 17.7. The second-order valence-corrected chi connectivity index (χ2v) is 7.20. The molecule has 1 aromatic carbocycles. The molecule has 0 spiro atoms. The van der Waals surface area contributed by atoms with Gasteiger partial charge in [0.25, 0.3) is 0 Å². The van der Waals surface area contributed by atoms with E-state index in [1.165, 1.54) is 21.7 Å². The van der Waals surface area contributed by atoms with E-state index in [2.05, 4.69) is 59.0 Å². The van der Waals surface area contributed by atoms with E-state index >= 15 is 0 Å². The summed E-state index contributed by atoms with van der Waals surface area (Å²) < 4.78 is 2.02. The van der Waals surface area contributed by atoms with Gasteiger partial charge in [0, 0.05) is 29.9 Å². The Bertz CT molecular complexity index is 983. The SMILES string of the molecule is Cc1nn(-c2ccccc2)c(C)c1CNCc1cn[nH]c1-c1cccs1. The molecule has 0 aliphatic carbocycles. The molecule has 0 saturated carbocycles. The summed E-state index contributed by atoms with van der Waals surface area (Å²) in [5.41, 5.74) is 6.85. The first-order valence-electron chi connectivity index (χ1n) is 8.61. The number of thiophene rings is 1. The molecule has 2 N–H and O–H groups in total. The van der Waals surface area contributed by atoms with E-state index in [-0.39, 0.29) is 0 Å². The maximum Gasteiger partial charge on any atom is 0.0794 e. The van der Waals surface area contributed by atoms with Crippen molar-refractivity contribution in [2.45, 2.75) is 26.9 Å². The molecule has 4 aromatic rings. The fourth-order valence-electron chi connectivity index (χ4n) is 3.15. The van der Waals surface area contributed by atoms with E-state index in [4.69, 9.17) is 5.10 Å². The van der Waals surface area contributed by atoms with Gasteiger partial charge in [0.1, 0.15) is 0 Å². The molecule has 0 fully saturated rings. The fourth-order valence-corrected chi connectivity index (χ4v) is 3.91. The number of hydrogen-bond acceptors (Lipinski definition) is 4.